The molecule has 0 aliphatic heterocycles. The molecule has 0 aliphatic rings. The van der Waals surface area contributed by atoms with Crippen molar-refractivity contribution in [2.45, 2.75) is 53.3 Å². The molecule has 2 aromatic heterocycles. The molecule has 1 unspecified atom stereocenters. The predicted molar refractivity (Wildman–Crippen MR) is 119 cm³/mol. The number of alkyl halides is 3. The molecule has 182 valence electrons. The molecule has 0 aliphatic carbocycles. The summed E-state index contributed by atoms with van der Waals surface area (Å²) in [7, 11) is 0. The zero-order chi connectivity index (χ0) is 25.1. The molecule has 2 heterocycles. The Bertz CT molecular complexity index is 1060. The predicted octanol–water partition coefficient (Wildman–Crippen LogP) is 5.29. The van der Waals surface area contributed by atoms with Crippen LogP contribution in [0.4, 0.5) is 18.2 Å². The number of halogens is 4. The van der Waals surface area contributed by atoms with E-state index in [1.54, 1.807) is 6.92 Å². The summed E-state index contributed by atoms with van der Waals surface area (Å²) >= 11 is 3.70. The SMILES string of the molecule is CCCOC(=O)c1c(NC(=O)C(C)n2nc(C(F)(F)F)c(Br)c2C)sc(C(=O)OCC)c1C. The maximum absolute atomic E-state index is 13.2. The van der Waals surface area contributed by atoms with Gasteiger partial charge in [-0.25, -0.2) is 9.59 Å². The van der Waals surface area contributed by atoms with Gasteiger partial charge in [-0.15, -0.1) is 11.3 Å². The molecule has 0 saturated carbocycles. The molecule has 2 rings (SSSR count). The average Bonchev–Trinajstić information content (AvgIpc) is 3.22. The second-order valence-corrected chi connectivity index (χ2v) is 8.79. The molecule has 0 spiro atoms. The number of amides is 1. The van der Waals surface area contributed by atoms with E-state index in [0.29, 0.717) is 6.42 Å². The van der Waals surface area contributed by atoms with Crippen LogP contribution in [0.1, 0.15) is 70.2 Å². The van der Waals surface area contributed by atoms with E-state index in [9.17, 15) is 27.6 Å². The van der Waals surface area contributed by atoms with E-state index < -0.39 is 35.8 Å². The number of esters is 2. The van der Waals surface area contributed by atoms with Crippen molar-refractivity contribution in [3.8, 4) is 0 Å². The van der Waals surface area contributed by atoms with Crippen LogP contribution in [0, 0.1) is 13.8 Å². The van der Waals surface area contributed by atoms with Gasteiger partial charge >= 0.3 is 18.1 Å². The summed E-state index contributed by atoms with van der Waals surface area (Å²) in [5, 5.41) is 6.11. The summed E-state index contributed by atoms with van der Waals surface area (Å²) in [6.07, 6.45) is -4.14. The third kappa shape index (κ3) is 5.75. The lowest BCUT2D eigenvalue weighted by atomic mass is 10.1. The molecule has 2 aromatic rings. The van der Waals surface area contributed by atoms with Crippen LogP contribution in [-0.2, 0) is 20.4 Å². The van der Waals surface area contributed by atoms with Gasteiger partial charge in [0.05, 0.1) is 28.9 Å². The Labute approximate surface area is 200 Å². The van der Waals surface area contributed by atoms with Crippen LogP contribution < -0.4 is 5.32 Å². The summed E-state index contributed by atoms with van der Waals surface area (Å²) < 4.78 is 50.4. The third-order valence-electron chi connectivity index (χ3n) is 4.58. The number of hydrogen-bond donors (Lipinski definition) is 1. The minimum Gasteiger partial charge on any atom is -0.462 e. The zero-order valence-corrected chi connectivity index (χ0v) is 21.0. The summed E-state index contributed by atoms with van der Waals surface area (Å²) in [6.45, 7) is 7.95. The number of ether oxygens (including phenoxy) is 2. The fourth-order valence-electron chi connectivity index (χ4n) is 2.89. The number of carbonyl (C=O) groups is 3. The van der Waals surface area contributed by atoms with Gasteiger partial charge in [0.1, 0.15) is 15.9 Å². The Morgan fingerprint density at radius 1 is 1.18 bits per heavy atom. The van der Waals surface area contributed by atoms with Crippen LogP contribution in [0.3, 0.4) is 0 Å². The molecule has 0 saturated heterocycles. The van der Waals surface area contributed by atoms with Gasteiger partial charge in [0.25, 0.3) is 0 Å². The van der Waals surface area contributed by atoms with E-state index in [0.717, 1.165) is 16.0 Å². The third-order valence-corrected chi connectivity index (χ3v) is 6.71. The highest BCUT2D eigenvalue weighted by atomic mass is 79.9. The van der Waals surface area contributed by atoms with Crippen LogP contribution in [0.5, 0.6) is 0 Å². The van der Waals surface area contributed by atoms with Gasteiger partial charge in [0, 0.05) is 0 Å². The average molecular weight is 554 g/mol. The van der Waals surface area contributed by atoms with Gasteiger partial charge in [-0.2, -0.15) is 18.3 Å². The molecule has 13 heteroatoms. The van der Waals surface area contributed by atoms with Crippen LogP contribution in [0.2, 0.25) is 0 Å². The van der Waals surface area contributed by atoms with Crippen molar-refractivity contribution < 1.29 is 37.0 Å². The maximum Gasteiger partial charge on any atom is 0.436 e. The normalized spacial score (nSPS) is 12.4. The number of nitrogens with one attached hydrogen (secondary N) is 1. The van der Waals surface area contributed by atoms with E-state index in [1.807, 2.05) is 6.92 Å². The van der Waals surface area contributed by atoms with Gasteiger partial charge in [-0.05, 0) is 55.6 Å². The van der Waals surface area contributed by atoms with Crippen LogP contribution >= 0.6 is 27.3 Å². The lowest BCUT2D eigenvalue weighted by Gasteiger charge is -2.15. The van der Waals surface area contributed by atoms with E-state index in [2.05, 4.69) is 26.3 Å². The second kappa shape index (κ2) is 10.7. The topological polar surface area (TPSA) is 99.5 Å². The number of hydrogen-bond acceptors (Lipinski definition) is 7. The fourth-order valence-corrected chi connectivity index (χ4v) is 4.47. The Balaban J connectivity index is 2.43. The number of aromatic nitrogens is 2. The van der Waals surface area contributed by atoms with Gasteiger partial charge < -0.3 is 14.8 Å². The van der Waals surface area contributed by atoms with Gasteiger partial charge in [0.15, 0.2) is 5.69 Å². The lowest BCUT2D eigenvalue weighted by molar-refractivity contribution is -0.142. The lowest BCUT2D eigenvalue weighted by Crippen LogP contribution is -2.26. The molecular weight excluding hydrogens is 531 g/mol. The largest absolute Gasteiger partial charge is 0.462 e. The van der Waals surface area contributed by atoms with Gasteiger partial charge in [-0.1, -0.05) is 6.92 Å². The molecule has 1 N–H and O–H groups in total. The molecule has 8 nitrogen and oxygen atoms in total. The number of thiophene rings is 1. The van der Waals surface area contributed by atoms with Crippen LogP contribution in [-0.4, -0.2) is 40.8 Å². The fraction of sp³-hybridized carbons (Fsp3) is 0.500. The Hall–Kier alpha value is -2.41. The first-order valence-corrected chi connectivity index (χ1v) is 11.6. The first-order valence-electron chi connectivity index (χ1n) is 9.95. The Kier molecular flexibility index (Phi) is 8.69. The molecule has 0 fully saturated rings. The van der Waals surface area contributed by atoms with Crippen molar-refractivity contribution in [2.24, 2.45) is 0 Å². The Morgan fingerprint density at radius 3 is 2.33 bits per heavy atom. The van der Waals surface area contributed by atoms with E-state index in [-0.39, 0.29) is 44.4 Å². The van der Waals surface area contributed by atoms with Crippen molar-refractivity contribution in [1.29, 1.82) is 0 Å². The first-order chi connectivity index (χ1) is 15.3. The molecular formula is C20H23BrF3N3O5S. The molecule has 1 atom stereocenters. The monoisotopic (exact) mass is 553 g/mol. The number of rotatable bonds is 8. The van der Waals surface area contributed by atoms with Crippen molar-refractivity contribution >= 4 is 50.1 Å². The first kappa shape index (κ1) is 26.8. The quantitative estimate of drug-likeness (QED) is 0.446. The van der Waals surface area contributed by atoms with Crippen molar-refractivity contribution in [3.63, 3.8) is 0 Å². The Morgan fingerprint density at radius 2 is 1.82 bits per heavy atom. The van der Waals surface area contributed by atoms with Crippen molar-refractivity contribution in [2.75, 3.05) is 18.5 Å². The highest BCUT2D eigenvalue weighted by Crippen LogP contribution is 2.37. The van der Waals surface area contributed by atoms with E-state index >= 15 is 0 Å². The van der Waals surface area contributed by atoms with E-state index in [1.165, 1.54) is 20.8 Å². The summed E-state index contributed by atoms with van der Waals surface area (Å²) in [5.74, 6) is -2.13. The summed E-state index contributed by atoms with van der Waals surface area (Å²) in [6, 6.07) is -1.16. The summed E-state index contributed by atoms with van der Waals surface area (Å²) in [5.41, 5.74) is -0.784. The minimum absolute atomic E-state index is 0.00796. The van der Waals surface area contributed by atoms with Gasteiger partial charge in [0.2, 0.25) is 5.91 Å². The van der Waals surface area contributed by atoms with Crippen LogP contribution in [0.15, 0.2) is 4.47 Å². The van der Waals surface area contributed by atoms with Gasteiger partial charge in [-0.3, -0.25) is 9.48 Å². The molecule has 0 radical (unpaired) electrons. The highest BCUT2D eigenvalue weighted by Gasteiger charge is 2.39. The molecule has 0 bridgehead atoms. The second-order valence-electron chi connectivity index (χ2n) is 6.97. The van der Waals surface area contributed by atoms with Crippen molar-refractivity contribution in [3.05, 3.63) is 31.9 Å². The highest BCUT2D eigenvalue weighted by molar-refractivity contribution is 9.10. The minimum atomic E-state index is -4.71. The van der Waals surface area contributed by atoms with Crippen molar-refractivity contribution in [1.82, 2.24) is 9.78 Å². The molecule has 33 heavy (non-hydrogen) atoms. The van der Waals surface area contributed by atoms with E-state index in [4.69, 9.17) is 9.47 Å². The maximum atomic E-state index is 13.2. The zero-order valence-electron chi connectivity index (χ0n) is 18.6. The summed E-state index contributed by atoms with van der Waals surface area (Å²) in [4.78, 5) is 37.9. The van der Waals surface area contributed by atoms with Crippen LogP contribution in [0.25, 0.3) is 0 Å². The molecule has 0 aromatic carbocycles. The molecule has 1 amide bonds. The number of nitrogens with zero attached hydrogens (tertiary/aromatic N) is 2. The number of anilines is 1. The smallest absolute Gasteiger partial charge is 0.436 e. The standard InChI is InChI=1S/C20H23BrF3N3O5S/c1-6-8-32-18(29)12-9(3)14(19(30)31-7-2)33-17(12)25-16(28)11(5)27-10(4)13(21)15(26-27)20(22,23)24/h11H,6-8H2,1-5H3,(H,25,28). The number of carbonyl (C=O) groups excluding carboxylic acids is 3.